The summed E-state index contributed by atoms with van der Waals surface area (Å²) in [4.78, 5) is 21.6. The lowest BCUT2D eigenvalue weighted by molar-refractivity contribution is 0.0634. The zero-order valence-electron chi connectivity index (χ0n) is 15.9. The van der Waals surface area contributed by atoms with Crippen molar-refractivity contribution >= 4 is 11.6 Å². The van der Waals surface area contributed by atoms with Crippen LogP contribution in [0, 0.1) is 0 Å². The number of pyridine rings is 1. The van der Waals surface area contributed by atoms with Crippen molar-refractivity contribution in [3.63, 3.8) is 0 Å². The van der Waals surface area contributed by atoms with Crippen LogP contribution in [-0.4, -0.2) is 48.0 Å². The van der Waals surface area contributed by atoms with Gasteiger partial charge in [0.25, 0.3) is 5.91 Å². The molecule has 1 saturated heterocycles. The third-order valence-corrected chi connectivity index (χ3v) is 4.98. The molecule has 1 unspecified atom stereocenters. The van der Waals surface area contributed by atoms with E-state index >= 15 is 0 Å². The van der Waals surface area contributed by atoms with Gasteiger partial charge in [-0.25, -0.2) is 0 Å². The second-order valence-corrected chi connectivity index (χ2v) is 6.93. The summed E-state index contributed by atoms with van der Waals surface area (Å²) >= 11 is 0. The minimum atomic E-state index is 0.0208. The third kappa shape index (κ3) is 3.88. The van der Waals surface area contributed by atoms with Crippen molar-refractivity contribution in [1.82, 2.24) is 15.2 Å². The molecule has 138 valence electrons. The molecule has 1 N–H and O–H groups in total. The first-order valence-corrected chi connectivity index (χ1v) is 9.40. The Morgan fingerprint density at radius 3 is 2.69 bits per heavy atom. The van der Waals surface area contributed by atoms with Gasteiger partial charge in [-0.1, -0.05) is 6.07 Å². The first kappa shape index (κ1) is 18.4. The number of carbonyl (C=O) groups is 1. The van der Waals surface area contributed by atoms with Crippen LogP contribution < -0.4 is 10.2 Å². The highest BCUT2D eigenvalue weighted by molar-refractivity contribution is 5.95. The average Bonchev–Trinajstić information content (AvgIpc) is 2.69. The van der Waals surface area contributed by atoms with Gasteiger partial charge in [-0.2, -0.15) is 0 Å². The average molecular weight is 352 g/mol. The summed E-state index contributed by atoms with van der Waals surface area (Å²) in [6.45, 7) is 9.74. The largest absolute Gasteiger partial charge is 0.369 e. The van der Waals surface area contributed by atoms with E-state index in [0.717, 1.165) is 36.4 Å². The van der Waals surface area contributed by atoms with Gasteiger partial charge in [0, 0.05) is 55.9 Å². The molecule has 0 spiro atoms. The Kier molecular flexibility index (Phi) is 5.89. The second kappa shape index (κ2) is 8.32. The Balaban J connectivity index is 1.81. The molecule has 1 aliphatic heterocycles. The summed E-state index contributed by atoms with van der Waals surface area (Å²) in [5, 5.41) is 3.39. The minimum Gasteiger partial charge on any atom is -0.369 e. The molecule has 0 saturated carbocycles. The quantitative estimate of drug-likeness (QED) is 0.898. The standard InChI is InChI=1S/C21H28N4O/c1-4-24(16(2)3)19-9-7-17(8-10-19)21(26)25-13-12-23-15-20(25)18-6-5-11-22-14-18/h5-11,14,16,20,23H,4,12-13,15H2,1-3H3. The van der Waals surface area contributed by atoms with Crippen LogP contribution in [0.3, 0.4) is 0 Å². The lowest BCUT2D eigenvalue weighted by Crippen LogP contribution is -2.48. The van der Waals surface area contributed by atoms with E-state index in [1.807, 2.05) is 35.4 Å². The lowest BCUT2D eigenvalue weighted by atomic mass is 10.0. The van der Waals surface area contributed by atoms with E-state index in [9.17, 15) is 4.79 Å². The van der Waals surface area contributed by atoms with Crippen molar-refractivity contribution in [2.24, 2.45) is 0 Å². The van der Waals surface area contributed by atoms with Gasteiger partial charge in [0.1, 0.15) is 0 Å². The maximum absolute atomic E-state index is 13.1. The summed E-state index contributed by atoms with van der Waals surface area (Å²) < 4.78 is 0. The molecule has 2 heterocycles. The summed E-state index contributed by atoms with van der Waals surface area (Å²) in [6.07, 6.45) is 3.61. The predicted octanol–water partition coefficient (Wildman–Crippen LogP) is 3.10. The Hall–Kier alpha value is -2.40. The highest BCUT2D eigenvalue weighted by Gasteiger charge is 2.28. The molecule has 1 aliphatic rings. The van der Waals surface area contributed by atoms with Crippen LogP contribution >= 0.6 is 0 Å². The molecule has 1 fully saturated rings. The van der Waals surface area contributed by atoms with E-state index < -0.39 is 0 Å². The Bertz CT molecular complexity index is 715. The van der Waals surface area contributed by atoms with Crippen molar-refractivity contribution in [3.8, 4) is 0 Å². The number of hydrogen-bond donors (Lipinski definition) is 1. The fourth-order valence-electron chi connectivity index (χ4n) is 3.63. The molecule has 1 aromatic heterocycles. The van der Waals surface area contributed by atoms with Gasteiger partial charge in [-0.15, -0.1) is 0 Å². The van der Waals surface area contributed by atoms with Crippen LogP contribution in [0.4, 0.5) is 5.69 Å². The van der Waals surface area contributed by atoms with Crippen molar-refractivity contribution < 1.29 is 4.79 Å². The number of aromatic nitrogens is 1. The summed E-state index contributed by atoms with van der Waals surface area (Å²) in [5.74, 6) is 0.0829. The predicted molar refractivity (Wildman–Crippen MR) is 105 cm³/mol. The number of nitrogens with one attached hydrogen (secondary N) is 1. The molecule has 2 aromatic rings. The van der Waals surface area contributed by atoms with E-state index in [4.69, 9.17) is 0 Å². The van der Waals surface area contributed by atoms with E-state index in [1.54, 1.807) is 6.20 Å². The van der Waals surface area contributed by atoms with Gasteiger partial charge in [0.05, 0.1) is 6.04 Å². The fourth-order valence-corrected chi connectivity index (χ4v) is 3.63. The number of hydrogen-bond acceptors (Lipinski definition) is 4. The molecule has 26 heavy (non-hydrogen) atoms. The van der Waals surface area contributed by atoms with Crippen LogP contribution in [0.15, 0.2) is 48.8 Å². The molecule has 5 nitrogen and oxygen atoms in total. The van der Waals surface area contributed by atoms with Crippen LogP contribution in [0.2, 0.25) is 0 Å². The topological polar surface area (TPSA) is 48.5 Å². The van der Waals surface area contributed by atoms with Crippen LogP contribution in [0.25, 0.3) is 0 Å². The maximum Gasteiger partial charge on any atom is 0.254 e. The number of carbonyl (C=O) groups excluding carboxylic acids is 1. The van der Waals surface area contributed by atoms with Crippen molar-refractivity contribution in [2.45, 2.75) is 32.9 Å². The van der Waals surface area contributed by atoms with Gasteiger partial charge in [-0.3, -0.25) is 9.78 Å². The Labute approximate surface area is 156 Å². The fraction of sp³-hybridized carbons (Fsp3) is 0.429. The van der Waals surface area contributed by atoms with E-state index in [2.05, 4.69) is 48.1 Å². The highest BCUT2D eigenvalue weighted by Crippen LogP contribution is 2.25. The van der Waals surface area contributed by atoms with E-state index in [1.165, 1.54) is 0 Å². The summed E-state index contributed by atoms with van der Waals surface area (Å²) in [5.41, 5.74) is 2.97. The van der Waals surface area contributed by atoms with E-state index in [0.29, 0.717) is 12.6 Å². The second-order valence-electron chi connectivity index (χ2n) is 6.93. The molecule has 1 aromatic carbocycles. The normalized spacial score (nSPS) is 17.4. The third-order valence-electron chi connectivity index (χ3n) is 4.98. The van der Waals surface area contributed by atoms with Crippen molar-refractivity contribution in [3.05, 3.63) is 59.9 Å². The summed E-state index contributed by atoms with van der Waals surface area (Å²) in [6, 6.07) is 12.4. The number of anilines is 1. The van der Waals surface area contributed by atoms with Crippen molar-refractivity contribution in [1.29, 1.82) is 0 Å². The zero-order chi connectivity index (χ0) is 18.5. The van der Waals surface area contributed by atoms with Crippen molar-refractivity contribution in [2.75, 3.05) is 31.1 Å². The van der Waals surface area contributed by atoms with E-state index in [-0.39, 0.29) is 11.9 Å². The van der Waals surface area contributed by atoms with Gasteiger partial charge in [0.15, 0.2) is 0 Å². The molecule has 0 bridgehead atoms. The van der Waals surface area contributed by atoms with Gasteiger partial charge in [-0.05, 0) is 56.7 Å². The molecule has 1 amide bonds. The lowest BCUT2D eigenvalue weighted by Gasteiger charge is -2.36. The minimum absolute atomic E-state index is 0.0208. The number of rotatable bonds is 5. The van der Waals surface area contributed by atoms with Gasteiger partial charge < -0.3 is 15.1 Å². The maximum atomic E-state index is 13.1. The number of nitrogens with zero attached hydrogens (tertiary/aromatic N) is 3. The smallest absolute Gasteiger partial charge is 0.254 e. The number of piperazine rings is 1. The SMILES string of the molecule is CCN(c1ccc(C(=O)N2CCNCC2c2cccnc2)cc1)C(C)C. The Morgan fingerprint density at radius 1 is 1.31 bits per heavy atom. The first-order valence-electron chi connectivity index (χ1n) is 9.40. The molecule has 5 heteroatoms. The number of benzene rings is 1. The molecular weight excluding hydrogens is 324 g/mol. The van der Waals surface area contributed by atoms with Gasteiger partial charge in [0.2, 0.25) is 0 Å². The summed E-state index contributed by atoms with van der Waals surface area (Å²) in [7, 11) is 0. The first-order chi connectivity index (χ1) is 12.6. The molecule has 0 radical (unpaired) electrons. The van der Waals surface area contributed by atoms with Crippen LogP contribution in [0.1, 0.15) is 42.7 Å². The Morgan fingerprint density at radius 2 is 2.08 bits per heavy atom. The monoisotopic (exact) mass is 352 g/mol. The highest BCUT2D eigenvalue weighted by atomic mass is 16.2. The molecule has 0 aliphatic carbocycles. The van der Waals surface area contributed by atoms with Crippen LogP contribution in [-0.2, 0) is 0 Å². The zero-order valence-corrected chi connectivity index (χ0v) is 15.9. The number of amides is 1. The molecule has 1 atom stereocenters. The van der Waals surface area contributed by atoms with Gasteiger partial charge >= 0.3 is 0 Å². The van der Waals surface area contributed by atoms with Crippen LogP contribution in [0.5, 0.6) is 0 Å². The molecular formula is C21H28N4O. The molecule has 3 rings (SSSR count).